The molecule has 124 valence electrons. The quantitative estimate of drug-likeness (QED) is 0.913. The van der Waals surface area contributed by atoms with Gasteiger partial charge in [-0.2, -0.15) is 0 Å². The van der Waals surface area contributed by atoms with Crippen molar-refractivity contribution >= 4 is 11.8 Å². The molecule has 0 aromatic heterocycles. The van der Waals surface area contributed by atoms with Crippen molar-refractivity contribution < 1.29 is 14.3 Å². The molecule has 1 aromatic carbocycles. The third kappa shape index (κ3) is 3.24. The van der Waals surface area contributed by atoms with Crippen LogP contribution < -0.4 is 5.32 Å². The minimum absolute atomic E-state index is 0.0735. The Hall–Kier alpha value is -1.88. The number of benzene rings is 1. The van der Waals surface area contributed by atoms with Crippen LogP contribution in [-0.2, 0) is 19.7 Å². The second kappa shape index (κ2) is 6.32. The molecule has 5 nitrogen and oxygen atoms in total. The van der Waals surface area contributed by atoms with Gasteiger partial charge >= 0.3 is 0 Å². The average molecular weight is 316 g/mol. The predicted molar refractivity (Wildman–Crippen MR) is 87.1 cm³/mol. The van der Waals surface area contributed by atoms with Gasteiger partial charge in [-0.1, -0.05) is 24.3 Å². The van der Waals surface area contributed by atoms with Crippen molar-refractivity contribution in [3.63, 3.8) is 0 Å². The van der Waals surface area contributed by atoms with E-state index in [1.54, 1.807) is 0 Å². The van der Waals surface area contributed by atoms with Gasteiger partial charge in [0.25, 0.3) is 0 Å². The van der Waals surface area contributed by atoms with E-state index in [0.29, 0.717) is 26.2 Å². The molecule has 2 aliphatic rings. The van der Waals surface area contributed by atoms with Gasteiger partial charge in [0.05, 0.1) is 18.1 Å². The highest BCUT2D eigenvalue weighted by molar-refractivity contribution is 5.91. The van der Waals surface area contributed by atoms with Crippen molar-refractivity contribution in [3.8, 4) is 0 Å². The Kier molecular flexibility index (Phi) is 4.39. The molecule has 1 saturated heterocycles. The van der Waals surface area contributed by atoms with E-state index < -0.39 is 0 Å². The van der Waals surface area contributed by atoms with Crippen LogP contribution >= 0.6 is 0 Å². The Labute approximate surface area is 137 Å². The van der Waals surface area contributed by atoms with E-state index >= 15 is 0 Å². The van der Waals surface area contributed by atoms with Gasteiger partial charge in [0, 0.05) is 26.6 Å². The Morgan fingerprint density at radius 2 is 2.09 bits per heavy atom. The van der Waals surface area contributed by atoms with E-state index in [9.17, 15) is 9.59 Å². The normalized spacial score (nSPS) is 22.5. The number of ether oxygens (including phenoxy) is 1. The second-order valence-corrected chi connectivity index (χ2v) is 6.58. The van der Waals surface area contributed by atoms with E-state index in [4.69, 9.17) is 4.74 Å². The molecule has 0 bridgehead atoms. The minimum Gasteiger partial charge on any atom is -0.373 e. The molecule has 1 unspecified atom stereocenters. The number of carbonyl (C=O) groups excluding carboxylic acids is 2. The standard InChI is InChI=1S/C18H24N2O3/c1-13-5-3-4-6-16(13)18(7-8-18)17(22)20-9-10-23-15(12-20)11-19-14(2)21/h3-6,15H,7-12H2,1-2H3,(H,19,21). The molecule has 1 aliphatic carbocycles. The summed E-state index contributed by atoms with van der Waals surface area (Å²) >= 11 is 0. The molecule has 1 aliphatic heterocycles. The Morgan fingerprint density at radius 1 is 1.35 bits per heavy atom. The molecular formula is C18H24N2O3. The summed E-state index contributed by atoms with van der Waals surface area (Å²) in [5.41, 5.74) is 2.01. The summed E-state index contributed by atoms with van der Waals surface area (Å²) in [7, 11) is 0. The molecule has 2 amide bonds. The molecule has 1 atom stereocenters. The van der Waals surface area contributed by atoms with Gasteiger partial charge < -0.3 is 15.0 Å². The van der Waals surface area contributed by atoms with Crippen LogP contribution in [0.15, 0.2) is 24.3 Å². The lowest BCUT2D eigenvalue weighted by Crippen LogP contribution is -2.52. The number of nitrogens with zero attached hydrogens (tertiary/aromatic N) is 1. The van der Waals surface area contributed by atoms with Gasteiger partial charge in [0.15, 0.2) is 0 Å². The van der Waals surface area contributed by atoms with E-state index in [2.05, 4.69) is 24.4 Å². The molecule has 3 rings (SSSR count). The number of hydrogen-bond acceptors (Lipinski definition) is 3. The lowest BCUT2D eigenvalue weighted by Gasteiger charge is -2.35. The first-order valence-electron chi connectivity index (χ1n) is 8.24. The number of rotatable bonds is 4. The number of carbonyl (C=O) groups is 2. The van der Waals surface area contributed by atoms with Crippen LogP contribution in [-0.4, -0.2) is 49.1 Å². The van der Waals surface area contributed by atoms with Crippen LogP contribution in [0, 0.1) is 6.92 Å². The zero-order chi connectivity index (χ0) is 16.4. The minimum atomic E-state index is -0.332. The summed E-state index contributed by atoms with van der Waals surface area (Å²) in [4.78, 5) is 26.1. The molecule has 1 saturated carbocycles. The largest absolute Gasteiger partial charge is 0.373 e. The summed E-state index contributed by atoms with van der Waals surface area (Å²) in [6, 6.07) is 8.17. The van der Waals surface area contributed by atoms with E-state index in [-0.39, 0.29) is 23.3 Å². The topological polar surface area (TPSA) is 58.6 Å². The van der Waals surface area contributed by atoms with Crippen molar-refractivity contribution in [2.45, 2.75) is 38.2 Å². The maximum absolute atomic E-state index is 13.1. The fourth-order valence-corrected chi connectivity index (χ4v) is 3.42. The number of hydrogen-bond donors (Lipinski definition) is 1. The highest BCUT2D eigenvalue weighted by atomic mass is 16.5. The zero-order valence-electron chi connectivity index (χ0n) is 13.8. The van der Waals surface area contributed by atoms with Gasteiger partial charge in [0.2, 0.25) is 11.8 Å². The smallest absolute Gasteiger partial charge is 0.233 e. The van der Waals surface area contributed by atoms with E-state index in [1.807, 2.05) is 17.0 Å². The lowest BCUT2D eigenvalue weighted by molar-refractivity contribution is -0.141. The summed E-state index contributed by atoms with van der Waals surface area (Å²) in [6.07, 6.45) is 1.72. The molecule has 0 radical (unpaired) electrons. The van der Waals surface area contributed by atoms with Crippen molar-refractivity contribution in [1.29, 1.82) is 0 Å². The van der Waals surface area contributed by atoms with Crippen LogP contribution in [0.25, 0.3) is 0 Å². The first kappa shape index (κ1) is 16.0. The summed E-state index contributed by atoms with van der Waals surface area (Å²) in [6.45, 7) is 5.72. The molecule has 1 aromatic rings. The molecule has 1 N–H and O–H groups in total. The van der Waals surface area contributed by atoms with Crippen molar-refractivity contribution in [1.82, 2.24) is 10.2 Å². The van der Waals surface area contributed by atoms with E-state index in [1.165, 1.54) is 12.5 Å². The Bertz CT molecular complexity index is 610. The SMILES string of the molecule is CC(=O)NCC1CN(C(=O)C2(c3ccccc3C)CC2)CCO1. The highest BCUT2D eigenvalue weighted by Crippen LogP contribution is 2.50. The highest BCUT2D eigenvalue weighted by Gasteiger charge is 2.53. The first-order valence-corrected chi connectivity index (χ1v) is 8.24. The Balaban J connectivity index is 1.70. The molecule has 0 spiro atoms. The first-order chi connectivity index (χ1) is 11.0. The molecule has 1 heterocycles. The average Bonchev–Trinajstić information content (AvgIpc) is 3.34. The molecular weight excluding hydrogens is 292 g/mol. The molecule has 2 fully saturated rings. The monoisotopic (exact) mass is 316 g/mol. The van der Waals surface area contributed by atoms with Gasteiger partial charge in [-0.05, 0) is 30.9 Å². The zero-order valence-corrected chi connectivity index (χ0v) is 13.8. The van der Waals surface area contributed by atoms with Gasteiger partial charge in [-0.15, -0.1) is 0 Å². The Morgan fingerprint density at radius 3 is 2.74 bits per heavy atom. The summed E-state index contributed by atoms with van der Waals surface area (Å²) in [5.74, 6) is 0.138. The van der Waals surface area contributed by atoms with E-state index in [0.717, 1.165) is 18.4 Å². The predicted octanol–water partition coefficient (Wildman–Crippen LogP) is 1.39. The van der Waals surface area contributed by atoms with Crippen molar-refractivity contribution in [2.24, 2.45) is 0 Å². The van der Waals surface area contributed by atoms with Gasteiger partial charge in [0.1, 0.15) is 0 Å². The third-order valence-electron chi connectivity index (χ3n) is 4.82. The summed E-state index contributed by atoms with van der Waals surface area (Å²) < 4.78 is 5.66. The number of morpholine rings is 1. The number of amides is 2. The molecule has 23 heavy (non-hydrogen) atoms. The maximum atomic E-state index is 13.1. The third-order valence-corrected chi connectivity index (χ3v) is 4.82. The number of nitrogens with one attached hydrogen (secondary N) is 1. The fraction of sp³-hybridized carbons (Fsp3) is 0.556. The van der Waals surface area contributed by atoms with Crippen LogP contribution in [0.1, 0.15) is 30.9 Å². The number of aryl methyl sites for hydroxylation is 1. The van der Waals surface area contributed by atoms with Gasteiger partial charge in [-0.3, -0.25) is 9.59 Å². The van der Waals surface area contributed by atoms with Crippen molar-refractivity contribution in [2.75, 3.05) is 26.2 Å². The lowest BCUT2D eigenvalue weighted by atomic mass is 9.90. The van der Waals surface area contributed by atoms with Crippen LogP contribution in [0.3, 0.4) is 0 Å². The maximum Gasteiger partial charge on any atom is 0.233 e. The van der Waals surface area contributed by atoms with Gasteiger partial charge in [-0.25, -0.2) is 0 Å². The summed E-state index contributed by atoms with van der Waals surface area (Å²) in [5, 5.41) is 2.77. The van der Waals surface area contributed by atoms with Crippen LogP contribution in [0.2, 0.25) is 0 Å². The van der Waals surface area contributed by atoms with Crippen LogP contribution in [0.4, 0.5) is 0 Å². The van der Waals surface area contributed by atoms with Crippen molar-refractivity contribution in [3.05, 3.63) is 35.4 Å². The second-order valence-electron chi connectivity index (χ2n) is 6.58. The fourth-order valence-electron chi connectivity index (χ4n) is 3.42. The molecule has 5 heteroatoms. The van der Waals surface area contributed by atoms with Crippen LogP contribution in [0.5, 0.6) is 0 Å².